The first-order chi connectivity index (χ1) is 14.8. The number of rotatable bonds is 8. The Morgan fingerprint density at radius 3 is 2.67 bits per heavy atom. The molecule has 4 rings (SSSR count). The molecule has 7 heteroatoms. The Morgan fingerprint density at radius 1 is 1.10 bits per heavy atom. The molecule has 1 aromatic carbocycles. The minimum atomic E-state index is 0.217. The zero-order valence-electron chi connectivity index (χ0n) is 17.5. The summed E-state index contributed by atoms with van der Waals surface area (Å²) in [6.45, 7) is 4.41. The average molecular weight is 407 g/mol. The first-order valence-corrected chi connectivity index (χ1v) is 10.6. The average Bonchev–Trinajstić information content (AvgIpc) is 3.55. The molecule has 158 valence electrons. The van der Waals surface area contributed by atoms with Crippen molar-refractivity contribution in [2.75, 3.05) is 26.7 Å². The lowest BCUT2D eigenvalue weighted by Gasteiger charge is -2.26. The van der Waals surface area contributed by atoms with Crippen LogP contribution in [0.3, 0.4) is 0 Å². The summed E-state index contributed by atoms with van der Waals surface area (Å²) in [5.41, 5.74) is 2.36. The molecule has 0 amide bonds. The third-order valence-corrected chi connectivity index (χ3v) is 5.47. The molecule has 0 radical (unpaired) electrons. The van der Waals surface area contributed by atoms with Crippen LogP contribution in [0.15, 0.2) is 70.5 Å². The molecule has 30 heavy (non-hydrogen) atoms. The number of furan rings is 1. The van der Waals surface area contributed by atoms with Crippen molar-refractivity contribution < 1.29 is 4.42 Å². The Kier molecular flexibility index (Phi) is 6.82. The second kappa shape index (κ2) is 10.1. The Hall–Kier alpha value is -3.06. The Labute approximate surface area is 177 Å². The van der Waals surface area contributed by atoms with Gasteiger partial charge in [0.2, 0.25) is 0 Å². The number of hydrogen-bond acceptors (Lipinski definition) is 4. The summed E-state index contributed by atoms with van der Waals surface area (Å²) >= 11 is 0. The molecule has 2 aromatic heterocycles. The number of aliphatic imine (C=N–C) groups is 1. The minimum Gasteiger partial charge on any atom is -0.468 e. The van der Waals surface area contributed by atoms with Crippen molar-refractivity contribution in [3.8, 4) is 0 Å². The van der Waals surface area contributed by atoms with E-state index in [1.807, 2.05) is 23.0 Å². The van der Waals surface area contributed by atoms with Crippen molar-refractivity contribution >= 4 is 5.96 Å². The second-order valence-electron chi connectivity index (χ2n) is 7.61. The highest BCUT2D eigenvalue weighted by molar-refractivity contribution is 5.79. The van der Waals surface area contributed by atoms with Crippen LogP contribution in [0, 0.1) is 0 Å². The smallest absolute Gasteiger partial charge is 0.191 e. The van der Waals surface area contributed by atoms with Crippen molar-refractivity contribution in [1.29, 1.82) is 0 Å². The summed E-state index contributed by atoms with van der Waals surface area (Å²) in [5.74, 6) is 1.78. The summed E-state index contributed by atoms with van der Waals surface area (Å²) < 4.78 is 7.66. The van der Waals surface area contributed by atoms with E-state index in [-0.39, 0.29) is 6.04 Å². The van der Waals surface area contributed by atoms with E-state index in [4.69, 9.17) is 4.42 Å². The first-order valence-electron chi connectivity index (χ1n) is 10.6. The summed E-state index contributed by atoms with van der Waals surface area (Å²) in [6, 6.07) is 14.6. The zero-order chi connectivity index (χ0) is 20.6. The highest BCUT2D eigenvalue weighted by Gasteiger charge is 2.25. The van der Waals surface area contributed by atoms with E-state index in [0.29, 0.717) is 6.54 Å². The summed E-state index contributed by atoms with van der Waals surface area (Å²) in [5, 5.41) is 11.3. The number of nitrogens with zero attached hydrogens (tertiary/aromatic N) is 4. The fraction of sp³-hybridized carbons (Fsp3) is 0.391. The lowest BCUT2D eigenvalue weighted by atomic mass is 10.2. The van der Waals surface area contributed by atoms with Crippen LogP contribution in [-0.4, -0.2) is 47.3 Å². The maximum Gasteiger partial charge on any atom is 0.191 e. The SMILES string of the molecule is CN=C(NCc1cnn(Cc2ccccc2)c1)NCC(c1ccco1)N1CCCC1. The van der Waals surface area contributed by atoms with Crippen LogP contribution >= 0.6 is 0 Å². The van der Waals surface area contributed by atoms with Crippen LogP contribution in [0.1, 0.15) is 35.8 Å². The van der Waals surface area contributed by atoms with E-state index in [9.17, 15) is 0 Å². The van der Waals surface area contributed by atoms with Gasteiger partial charge >= 0.3 is 0 Å². The van der Waals surface area contributed by atoms with Crippen LogP contribution in [0.25, 0.3) is 0 Å². The standard InChI is InChI=1S/C23H30N6O/c1-24-23(26-16-21(22-10-7-13-30-22)28-11-5-6-12-28)25-14-20-15-27-29(18-20)17-19-8-3-2-4-9-19/h2-4,7-10,13,15,18,21H,5-6,11-12,14,16-17H2,1H3,(H2,24,25,26). The van der Waals surface area contributed by atoms with Crippen molar-refractivity contribution in [3.63, 3.8) is 0 Å². The molecule has 1 unspecified atom stereocenters. The largest absolute Gasteiger partial charge is 0.468 e. The Balaban J connectivity index is 1.29. The van der Waals surface area contributed by atoms with Crippen molar-refractivity contribution in [2.24, 2.45) is 4.99 Å². The molecule has 1 fully saturated rings. The van der Waals surface area contributed by atoms with E-state index in [1.165, 1.54) is 18.4 Å². The lowest BCUT2D eigenvalue weighted by Crippen LogP contribution is -2.42. The van der Waals surface area contributed by atoms with Gasteiger partial charge in [0.05, 0.1) is 25.0 Å². The van der Waals surface area contributed by atoms with Crippen molar-refractivity contribution in [3.05, 3.63) is 78.0 Å². The quantitative estimate of drug-likeness (QED) is 0.445. The molecule has 2 N–H and O–H groups in total. The molecule has 0 bridgehead atoms. The zero-order valence-corrected chi connectivity index (χ0v) is 17.5. The van der Waals surface area contributed by atoms with Crippen LogP contribution in [-0.2, 0) is 13.1 Å². The summed E-state index contributed by atoms with van der Waals surface area (Å²) in [6.07, 6.45) is 8.22. The molecular formula is C23H30N6O. The number of likely N-dealkylation sites (tertiary alicyclic amines) is 1. The van der Waals surface area contributed by atoms with E-state index >= 15 is 0 Å². The minimum absolute atomic E-state index is 0.217. The van der Waals surface area contributed by atoms with E-state index < -0.39 is 0 Å². The number of hydrogen-bond donors (Lipinski definition) is 2. The highest BCUT2D eigenvalue weighted by atomic mass is 16.3. The number of guanidine groups is 1. The number of nitrogens with one attached hydrogen (secondary N) is 2. The normalized spacial score (nSPS) is 16.0. The molecule has 7 nitrogen and oxygen atoms in total. The van der Waals surface area contributed by atoms with Gasteiger partial charge in [-0.05, 0) is 43.6 Å². The molecule has 3 heterocycles. The fourth-order valence-corrected chi connectivity index (χ4v) is 3.90. The number of aromatic nitrogens is 2. The van der Waals surface area contributed by atoms with Gasteiger partial charge in [0.1, 0.15) is 5.76 Å². The predicted octanol–water partition coefficient (Wildman–Crippen LogP) is 3.03. The van der Waals surface area contributed by atoms with Gasteiger partial charge in [0, 0.05) is 31.9 Å². The van der Waals surface area contributed by atoms with Crippen LogP contribution in [0.2, 0.25) is 0 Å². The molecular weight excluding hydrogens is 376 g/mol. The summed E-state index contributed by atoms with van der Waals surface area (Å²) in [7, 11) is 1.80. The van der Waals surface area contributed by atoms with Gasteiger partial charge in [0.15, 0.2) is 5.96 Å². The molecule has 0 aliphatic carbocycles. The molecule has 1 aliphatic heterocycles. The molecule has 1 atom stereocenters. The Morgan fingerprint density at radius 2 is 1.93 bits per heavy atom. The molecule has 0 spiro atoms. The maximum atomic E-state index is 5.70. The van der Waals surface area contributed by atoms with Gasteiger partial charge in [-0.1, -0.05) is 30.3 Å². The topological polar surface area (TPSA) is 70.6 Å². The van der Waals surface area contributed by atoms with Crippen LogP contribution < -0.4 is 10.6 Å². The monoisotopic (exact) mass is 406 g/mol. The van der Waals surface area contributed by atoms with Gasteiger partial charge in [-0.25, -0.2) is 0 Å². The van der Waals surface area contributed by atoms with Crippen LogP contribution in [0.5, 0.6) is 0 Å². The van der Waals surface area contributed by atoms with E-state index in [1.54, 1.807) is 13.3 Å². The van der Waals surface area contributed by atoms with Gasteiger partial charge in [0.25, 0.3) is 0 Å². The predicted molar refractivity (Wildman–Crippen MR) is 118 cm³/mol. The second-order valence-corrected chi connectivity index (χ2v) is 7.61. The van der Waals surface area contributed by atoms with Gasteiger partial charge < -0.3 is 15.1 Å². The van der Waals surface area contributed by atoms with Crippen molar-refractivity contribution in [2.45, 2.75) is 32.0 Å². The third kappa shape index (κ3) is 5.30. The molecule has 1 aliphatic rings. The Bertz CT molecular complexity index is 912. The maximum absolute atomic E-state index is 5.70. The molecule has 0 saturated carbocycles. The van der Waals surface area contributed by atoms with Gasteiger partial charge in [-0.3, -0.25) is 14.6 Å². The fourth-order valence-electron chi connectivity index (χ4n) is 3.90. The lowest BCUT2D eigenvalue weighted by molar-refractivity contribution is 0.215. The summed E-state index contributed by atoms with van der Waals surface area (Å²) in [4.78, 5) is 6.85. The highest BCUT2D eigenvalue weighted by Crippen LogP contribution is 2.24. The molecule has 1 saturated heterocycles. The molecule has 3 aromatic rings. The van der Waals surface area contributed by atoms with Gasteiger partial charge in [-0.2, -0.15) is 5.10 Å². The first kappa shape index (κ1) is 20.2. The van der Waals surface area contributed by atoms with E-state index in [2.05, 4.69) is 62.2 Å². The number of benzene rings is 1. The van der Waals surface area contributed by atoms with Gasteiger partial charge in [-0.15, -0.1) is 0 Å². The van der Waals surface area contributed by atoms with Crippen LogP contribution in [0.4, 0.5) is 0 Å². The third-order valence-electron chi connectivity index (χ3n) is 5.47. The van der Waals surface area contributed by atoms with Crippen molar-refractivity contribution in [1.82, 2.24) is 25.3 Å². The van der Waals surface area contributed by atoms with E-state index in [0.717, 1.165) is 43.5 Å².